The lowest BCUT2D eigenvalue weighted by atomic mass is 10.1. The van der Waals surface area contributed by atoms with Gasteiger partial charge < -0.3 is 10.6 Å². The van der Waals surface area contributed by atoms with Gasteiger partial charge in [-0.1, -0.05) is 30.7 Å². The van der Waals surface area contributed by atoms with E-state index in [9.17, 15) is 0 Å². The molecule has 0 aliphatic rings. The summed E-state index contributed by atoms with van der Waals surface area (Å²) in [5.74, 6) is 0. The van der Waals surface area contributed by atoms with Crippen molar-refractivity contribution in [1.29, 1.82) is 0 Å². The summed E-state index contributed by atoms with van der Waals surface area (Å²) in [5.41, 5.74) is 4.11. The first kappa shape index (κ1) is 13.2. The molecule has 0 aliphatic carbocycles. The van der Waals surface area contributed by atoms with Crippen LogP contribution in [0.2, 0.25) is 0 Å². The number of nitrogens with one attached hydrogen (secondary N) is 2. The van der Waals surface area contributed by atoms with Gasteiger partial charge in [0, 0.05) is 19.1 Å². The van der Waals surface area contributed by atoms with Crippen LogP contribution in [0.5, 0.6) is 0 Å². The van der Waals surface area contributed by atoms with Crippen molar-refractivity contribution in [3.63, 3.8) is 0 Å². The molecule has 0 spiro atoms. The number of aryl methyl sites for hydroxylation is 2. The molecule has 1 aromatic carbocycles. The monoisotopic (exact) mass is 220 g/mol. The summed E-state index contributed by atoms with van der Waals surface area (Å²) < 4.78 is 0. The summed E-state index contributed by atoms with van der Waals surface area (Å²) >= 11 is 0. The van der Waals surface area contributed by atoms with E-state index in [1.165, 1.54) is 16.7 Å². The van der Waals surface area contributed by atoms with Crippen molar-refractivity contribution in [2.75, 3.05) is 13.1 Å². The van der Waals surface area contributed by atoms with Gasteiger partial charge in [-0.15, -0.1) is 0 Å². The lowest BCUT2D eigenvalue weighted by Crippen LogP contribution is -2.35. The van der Waals surface area contributed by atoms with Crippen LogP contribution >= 0.6 is 0 Å². The SMILES string of the molecule is CCNCC(C)NCc1cc(C)ccc1C. The van der Waals surface area contributed by atoms with E-state index in [-0.39, 0.29) is 0 Å². The molecule has 1 atom stereocenters. The molecule has 0 aromatic heterocycles. The molecule has 2 heteroatoms. The van der Waals surface area contributed by atoms with E-state index in [2.05, 4.69) is 56.5 Å². The van der Waals surface area contributed by atoms with E-state index in [0.29, 0.717) is 6.04 Å². The Labute approximate surface area is 99.5 Å². The molecule has 2 nitrogen and oxygen atoms in total. The molecule has 0 heterocycles. The zero-order valence-electron chi connectivity index (χ0n) is 10.9. The molecule has 0 aliphatic heterocycles. The van der Waals surface area contributed by atoms with Crippen molar-refractivity contribution in [2.45, 2.75) is 40.3 Å². The highest BCUT2D eigenvalue weighted by Gasteiger charge is 2.02. The average Bonchev–Trinajstić information content (AvgIpc) is 2.27. The fraction of sp³-hybridized carbons (Fsp3) is 0.571. The molecule has 1 aromatic rings. The van der Waals surface area contributed by atoms with Crippen LogP contribution < -0.4 is 10.6 Å². The normalized spacial score (nSPS) is 12.8. The van der Waals surface area contributed by atoms with Gasteiger partial charge in [0.2, 0.25) is 0 Å². The van der Waals surface area contributed by atoms with E-state index in [1.807, 2.05) is 0 Å². The van der Waals surface area contributed by atoms with E-state index < -0.39 is 0 Å². The first-order valence-electron chi connectivity index (χ1n) is 6.13. The van der Waals surface area contributed by atoms with Gasteiger partial charge in [-0.25, -0.2) is 0 Å². The zero-order chi connectivity index (χ0) is 12.0. The molecule has 2 N–H and O–H groups in total. The first-order chi connectivity index (χ1) is 7.63. The fourth-order valence-electron chi connectivity index (χ4n) is 1.71. The Morgan fingerprint density at radius 2 is 2.00 bits per heavy atom. The van der Waals surface area contributed by atoms with Gasteiger partial charge in [-0.05, 0) is 38.4 Å². The lowest BCUT2D eigenvalue weighted by Gasteiger charge is -2.15. The maximum atomic E-state index is 3.54. The van der Waals surface area contributed by atoms with Crippen LogP contribution in [-0.4, -0.2) is 19.1 Å². The number of rotatable bonds is 6. The van der Waals surface area contributed by atoms with Crippen LogP contribution in [0.15, 0.2) is 18.2 Å². The third-order valence-electron chi connectivity index (χ3n) is 2.85. The molecule has 1 unspecified atom stereocenters. The van der Waals surface area contributed by atoms with Gasteiger partial charge in [-0.3, -0.25) is 0 Å². The van der Waals surface area contributed by atoms with Crippen LogP contribution in [-0.2, 0) is 6.54 Å². The minimum Gasteiger partial charge on any atom is -0.315 e. The molecule has 1 rings (SSSR count). The Kier molecular flexibility index (Phi) is 5.50. The summed E-state index contributed by atoms with van der Waals surface area (Å²) in [6, 6.07) is 7.14. The van der Waals surface area contributed by atoms with Crippen LogP contribution in [0.3, 0.4) is 0 Å². The van der Waals surface area contributed by atoms with Gasteiger partial charge in [0.1, 0.15) is 0 Å². The third kappa shape index (κ3) is 4.33. The largest absolute Gasteiger partial charge is 0.315 e. The van der Waals surface area contributed by atoms with Gasteiger partial charge >= 0.3 is 0 Å². The van der Waals surface area contributed by atoms with Crippen molar-refractivity contribution >= 4 is 0 Å². The van der Waals surface area contributed by atoms with Crippen LogP contribution in [0, 0.1) is 13.8 Å². The Hall–Kier alpha value is -0.860. The molecule has 16 heavy (non-hydrogen) atoms. The summed E-state index contributed by atoms with van der Waals surface area (Å²) in [7, 11) is 0. The number of hydrogen-bond donors (Lipinski definition) is 2. The minimum absolute atomic E-state index is 0.514. The molecular weight excluding hydrogens is 196 g/mol. The van der Waals surface area contributed by atoms with Crippen molar-refractivity contribution < 1.29 is 0 Å². The standard InChI is InChI=1S/C14H24N2/c1-5-15-9-13(4)16-10-14-8-11(2)6-7-12(14)3/h6-8,13,15-16H,5,9-10H2,1-4H3. The predicted octanol–water partition coefficient (Wildman–Crippen LogP) is 2.39. The van der Waals surface area contributed by atoms with Crippen molar-refractivity contribution in [3.8, 4) is 0 Å². The quantitative estimate of drug-likeness (QED) is 0.769. The van der Waals surface area contributed by atoms with E-state index >= 15 is 0 Å². The third-order valence-corrected chi connectivity index (χ3v) is 2.85. The summed E-state index contributed by atoms with van der Waals surface area (Å²) in [6.07, 6.45) is 0. The Morgan fingerprint density at radius 1 is 1.25 bits per heavy atom. The molecule has 90 valence electrons. The Bertz CT molecular complexity index is 321. The highest BCUT2D eigenvalue weighted by atomic mass is 15.0. The van der Waals surface area contributed by atoms with Crippen molar-refractivity contribution in [1.82, 2.24) is 10.6 Å². The molecule has 0 radical (unpaired) electrons. The highest BCUT2D eigenvalue weighted by Crippen LogP contribution is 2.10. The molecule has 0 amide bonds. The van der Waals surface area contributed by atoms with E-state index in [1.54, 1.807) is 0 Å². The second-order valence-corrected chi connectivity index (χ2v) is 4.52. The summed E-state index contributed by atoms with van der Waals surface area (Å²) in [6.45, 7) is 11.7. The number of hydrogen-bond acceptors (Lipinski definition) is 2. The second kappa shape index (κ2) is 6.66. The van der Waals surface area contributed by atoms with Crippen molar-refractivity contribution in [2.24, 2.45) is 0 Å². The Balaban J connectivity index is 2.44. The van der Waals surface area contributed by atoms with Crippen LogP contribution in [0.25, 0.3) is 0 Å². The second-order valence-electron chi connectivity index (χ2n) is 4.52. The molecule has 0 saturated carbocycles. The van der Waals surface area contributed by atoms with Gasteiger partial charge in [0.25, 0.3) is 0 Å². The first-order valence-corrected chi connectivity index (χ1v) is 6.13. The zero-order valence-corrected chi connectivity index (χ0v) is 10.9. The maximum absolute atomic E-state index is 3.54. The van der Waals surface area contributed by atoms with Gasteiger partial charge in [0.15, 0.2) is 0 Å². The van der Waals surface area contributed by atoms with Gasteiger partial charge in [-0.2, -0.15) is 0 Å². The maximum Gasteiger partial charge on any atom is 0.0211 e. The molecule has 0 bridgehead atoms. The van der Waals surface area contributed by atoms with E-state index in [0.717, 1.165) is 19.6 Å². The average molecular weight is 220 g/mol. The topological polar surface area (TPSA) is 24.1 Å². The van der Waals surface area contributed by atoms with Gasteiger partial charge in [0.05, 0.1) is 0 Å². The summed E-state index contributed by atoms with van der Waals surface area (Å²) in [5, 5.41) is 6.89. The minimum atomic E-state index is 0.514. The molecule has 0 fully saturated rings. The predicted molar refractivity (Wildman–Crippen MR) is 70.8 cm³/mol. The van der Waals surface area contributed by atoms with Crippen LogP contribution in [0.4, 0.5) is 0 Å². The summed E-state index contributed by atoms with van der Waals surface area (Å²) in [4.78, 5) is 0. The van der Waals surface area contributed by atoms with Crippen LogP contribution in [0.1, 0.15) is 30.5 Å². The molecular formula is C14H24N2. The van der Waals surface area contributed by atoms with E-state index in [4.69, 9.17) is 0 Å². The lowest BCUT2D eigenvalue weighted by molar-refractivity contribution is 0.508. The Morgan fingerprint density at radius 3 is 2.69 bits per heavy atom. The highest BCUT2D eigenvalue weighted by molar-refractivity contribution is 5.30. The molecule has 0 saturated heterocycles. The number of benzene rings is 1. The fourth-order valence-corrected chi connectivity index (χ4v) is 1.71. The number of likely N-dealkylation sites (N-methyl/N-ethyl adjacent to an activating group) is 1. The van der Waals surface area contributed by atoms with Crippen molar-refractivity contribution in [3.05, 3.63) is 34.9 Å². The smallest absolute Gasteiger partial charge is 0.0211 e.